The van der Waals surface area contributed by atoms with E-state index in [2.05, 4.69) is 22.8 Å². The molecule has 5 nitrogen and oxygen atoms in total. The number of nitrogens with one attached hydrogen (secondary N) is 2. The zero-order valence-electron chi connectivity index (χ0n) is 11.7. The minimum absolute atomic E-state index is 0.0984. The third kappa shape index (κ3) is 2.97. The lowest BCUT2D eigenvalue weighted by molar-refractivity contribution is -0.384. The molecule has 2 atom stereocenters. The fraction of sp³-hybridized carbons (Fsp3) is 0.250. The highest BCUT2D eigenvalue weighted by molar-refractivity contribution is 5.64. The first-order valence-corrected chi connectivity index (χ1v) is 6.96. The van der Waals surface area contributed by atoms with Crippen molar-refractivity contribution in [3.8, 4) is 0 Å². The molecule has 1 fully saturated rings. The molecule has 2 unspecified atom stereocenters. The Labute approximate surface area is 123 Å². The summed E-state index contributed by atoms with van der Waals surface area (Å²) in [6, 6.07) is 15.7. The van der Waals surface area contributed by atoms with Gasteiger partial charge < -0.3 is 10.6 Å². The zero-order chi connectivity index (χ0) is 14.8. The van der Waals surface area contributed by atoms with Crippen LogP contribution in [0.25, 0.3) is 0 Å². The van der Waals surface area contributed by atoms with Gasteiger partial charge in [0.2, 0.25) is 0 Å². The summed E-state index contributed by atoms with van der Waals surface area (Å²) in [6.45, 7) is 0. The second-order valence-corrected chi connectivity index (χ2v) is 5.28. The van der Waals surface area contributed by atoms with Crippen LogP contribution in [0.4, 0.5) is 17.1 Å². The summed E-state index contributed by atoms with van der Waals surface area (Å²) < 4.78 is 0. The van der Waals surface area contributed by atoms with Gasteiger partial charge in [0.15, 0.2) is 0 Å². The van der Waals surface area contributed by atoms with Gasteiger partial charge in [-0.05, 0) is 18.1 Å². The van der Waals surface area contributed by atoms with Crippen LogP contribution in [0.2, 0.25) is 0 Å². The monoisotopic (exact) mass is 283 g/mol. The van der Waals surface area contributed by atoms with E-state index < -0.39 is 0 Å². The SMILES string of the molecule is CNc1cc(NC2CC2c2ccccc2)cc([N+](=O)[O-])c1. The maximum Gasteiger partial charge on any atom is 0.273 e. The summed E-state index contributed by atoms with van der Waals surface area (Å²) in [5, 5.41) is 17.3. The van der Waals surface area contributed by atoms with Crippen LogP contribution in [0.15, 0.2) is 48.5 Å². The number of nitrogens with zero attached hydrogens (tertiary/aromatic N) is 1. The Morgan fingerprint density at radius 2 is 1.86 bits per heavy atom. The van der Waals surface area contributed by atoms with Crippen molar-refractivity contribution in [3.05, 3.63) is 64.2 Å². The van der Waals surface area contributed by atoms with Crippen molar-refractivity contribution in [3.63, 3.8) is 0 Å². The van der Waals surface area contributed by atoms with Gasteiger partial charge >= 0.3 is 0 Å². The van der Waals surface area contributed by atoms with Crippen molar-refractivity contribution in [1.82, 2.24) is 0 Å². The lowest BCUT2D eigenvalue weighted by Gasteiger charge is -2.08. The first kappa shape index (κ1) is 13.4. The third-order valence-electron chi connectivity index (χ3n) is 3.79. The number of hydrogen-bond donors (Lipinski definition) is 2. The molecule has 3 rings (SSSR count). The summed E-state index contributed by atoms with van der Waals surface area (Å²) in [6.07, 6.45) is 1.06. The largest absolute Gasteiger partial charge is 0.388 e. The highest BCUT2D eigenvalue weighted by atomic mass is 16.6. The van der Waals surface area contributed by atoms with Gasteiger partial charge in [-0.3, -0.25) is 10.1 Å². The number of nitro benzene ring substituents is 1. The van der Waals surface area contributed by atoms with Crippen molar-refractivity contribution < 1.29 is 4.92 Å². The van der Waals surface area contributed by atoms with E-state index in [9.17, 15) is 10.1 Å². The van der Waals surface area contributed by atoms with E-state index in [4.69, 9.17) is 0 Å². The fourth-order valence-electron chi connectivity index (χ4n) is 2.58. The zero-order valence-corrected chi connectivity index (χ0v) is 11.7. The van der Waals surface area contributed by atoms with Gasteiger partial charge in [0, 0.05) is 42.5 Å². The predicted octanol–water partition coefficient (Wildman–Crippen LogP) is 3.60. The number of benzene rings is 2. The Bertz CT molecular complexity index is 658. The van der Waals surface area contributed by atoms with E-state index in [1.54, 1.807) is 13.1 Å². The van der Waals surface area contributed by atoms with Crippen molar-refractivity contribution in [2.45, 2.75) is 18.4 Å². The first-order valence-electron chi connectivity index (χ1n) is 6.96. The standard InChI is InChI=1S/C16H17N3O2/c1-17-12-7-13(9-14(8-12)19(20)21)18-16-10-15(16)11-5-3-2-4-6-11/h2-9,15-18H,10H2,1H3. The molecule has 0 saturated heterocycles. The van der Waals surface area contributed by atoms with Gasteiger partial charge in [0.1, 0.15) is 0 Å². The van der Waals surface area contributed by atoms with E-state index in [-0.39, 0.29) is 10.6 Å². The van der Waals surface area contributed by atoms with Crippen LogP contribution in [0.3, 0.4) is 0 Å². The molecule has 0 spiro atoms. The molecule has 0 bridgehead atoms. The molecule has 1 aliphatic rings. The van der Waals surface area contributed by atoms with E-state index in [0.717, 1.165) is 17.8 Å². The van der Waals surface area contributed by atoms with Crippen LogP contribution >= 0.6 is 0 Å². The molecule has 0 aliphatic heterocycles. The normalized spacial score (nSPS) is 19.9. The molecule has 1 aliphatic carbocycles. The Hall–Kier alpha value is -2.56. The third-order valence-corrected chi connectivity index (χ3v) is 3.79. The number of rotatable bonds is 5. The summed E-state index contributed by atoms with van der Waals surface area (Å²) in [4.78, 5) is 10.6. The lowest BCUT2D eigenvalue weighted by atomic mass is 10.1. The van der Waals surface area contributed by atoms with Gasteiger partial charge in [-0.25, -0.2) is 0 Å². The molecule has 0 amide bonds. The molecule has 2 aromatic carbocycles. The second kappa shape index (κ2) is 5.44. The van der Waals surface area contributed by atoms with Gasteiger partial charge in [-0.15, -0.1) is 0 Å². The smallest absolute Gasteiger partial charge is 0.273 e. The molecule has 21 heavy (non-hydrogen) atoms. The fourth-order valence-corrected chi connectivity index (χ4v) is 2.58. The predicted molar refractivity (Wildman–Crippen MR) is 83.9 cm³/mol. The van der Waals surface area contributed by atoms with Crippen molar-refractivity contribution in [1.29, 1.82) is 0 Å². The van der Waals surface area contributed by atoms with Crippen LogP contribution in [-0.2, 0) is 0 Å². The summed E-state index contributed by atoms with van der Waals surface area (Å²) in [5.41, 5.74) is 2.94. The Kier molecular flexibility index (Phi) is 3.48. The van der Waals surface area contributed by atoms with Crippen molar-refractivity contribution in [2.24, 2.45) is 0 Å². The Morgan fingerprint density at radius 3 is 2.52 bits per heavy atom. The number of anilines is 2. The van der Waals surface area contributed by atoms with Crippen LogP contribution in [0.1, 0.15) is 17.9 Å². The first-order chi connectivity index (χ1) is 10.2. The molecule has 0 radical (unpaired) electrons. The van der Waals surface area contributed by atoms with Crippen LogP contribution in [0, 0.1) is 10.1 Å². The average molecular weight is 283 g/mol. The molecular formula is C16H17N3O2. The van der Waals surface area contributed by atoms with Crippen molar-refractivity contribution >= 4 is 17.1 Å². The van der Waals surface area contributed by atoms with E-state index in [1.165, 1.54) is 11.6 Å². The van der Waals surface area contributed by atoms with Gasteiger partial charge in [-0.1, -0.05) is 30.3 Å². The number of nitro groups is 1. The van der Waals surface area contributed by atoms with Gasteiger partial charge in [0.05, 0.1) is 4.92 Å². The highest BCUT2D eigenvalue weighted by Crippen LogP contribution is 2.43. The second-order valence-electron chi connectivity index (χ2n) is 5.28. The maximum absolute atomic E-state index is 11.0. The molecule has 0 aromatic heterocycles. The van der Waals surface area contributed by atoms with E-state index in [1.807, 2.05) is 24.3 Å². The Balaban J connectivity index is 1.74. The topological polar surface area (TPSA) is 67.2 Å². The number of non-ortho nitro benzene ring substituents is 1. The summed E-state index contributed by atoms with van der Waals surface area (Å²) in [5.74, 6) is 0.489. The summed E-state index contributed by atoms with van der Waals surface area (Å²) in [7, 11) is 1.76. The minimum atomic E-state index is -0.367. The lowest BCUT2D eigenvalue weighted by Crippen LogP contribution is -2.05. The van der Waals surface area contributed by atoms with E-state index in [0.29, 0.717) is 12.0 Å². The van der Waals surface area contributed by atoms with Crippen LogP contribution < -0.4 is 10.6 Å². The minimum Gasteiger partial charge on any atom is -0.388 e. The van der Waals surface area contributed by atoms with Crippen LogP contribution in [-0.4, -0.2) is 18.0 Å². The molecular weight excluding hydrogens is 266 g/mol. The van der Waals surface area contributed by atoms with E-state index >= 15 is 0 Å². The highest BCUT2D eigenvalue weighted by Gasteiger charge is 2.38. The molecule has 1 saturated carbocycles. The summed E-state index contributed by atoms with van der Waals surface area (Å²) >= 11 is 0. The quantitative estimate of drug-likeness (QED) is 0.650. The van der Waals surface area contributed by atoms with Crippen LogP contribution in [0.5, 0.6) is 0 Å². The molecule has 0 heterocycles. The Morgan fingerprint density at radius 1 is 1.14 bits per heavy atom. The van der Waals surface area contributed by atoms with Gasteiger partial charge in [-0.2, -0.15) is 0 Å². The maximum atomic E-state index is 11.0. The molecule has 108 valence electrons. The molecule has 2 aromatic rings. The molecule has 2 N–H and O–H groups in total. The molecule has 5 heteroatoms. The number of hydrogen-bond acceptors (Lipinski definition) is 4. The average Bonchev–Trinajstić information content (AvgIpc) is 3.27. The van der Waals surface area contributed by atoms with Gasteiger partial charge in [0.25, 0.3) is 5.69 Å². The van der Waals surface area contributed by atoms with Crippen molar-refractivity contribution in [2.75, 3.05) is 17.7 Å².